The van der Waals surface area contributed by atoms with Crippen molar-refractivity contribution >= 4 is 41.5 Å². The van der Waals surface area contributed by atoms with Crippen molar-refractivity contribution in [3.05, 3.63) is 35.9 Å². The van der Waals surface area contributed by atoms with Crippen LogP contribution in [0.3, 0.4) is 0 Å². The predicted molar refractivity (Wildman–Crippen MR) is 119 cm³/mol. The van der Waals surface area contributed by atoms with Gasteiger partial charge in [-0.25, -0.2) is 4.79 Å². The van der Waals surface area contributed by atoms with Gasteiger partial charge in [-0.2, -0.15) is 0 Å². The molecule has 1 aliphatic rings. The van der Waals surface area contributed by atoms with E-state index in [1.165, 1.54) is 27.9 Å². The molecule has 186 valence electrons. The number of methoxy groups -OCH3 is 1. The lowest BCUT2D eigenvalue weighted by atomic mass is 10.1. The van der Waals surface area contributed by atoms with Gasteiger partial charge < -0.3 is 29.0 Å². The molecule has 1 saturated heterocycles. The minimum atomic E-state index is -1.05. The Morgan fingerprint density at radius 3 is 2.15 bits per heavy atom. The summed E-state index contributed by atoms with van der Waals surface area (Å²) >= 11 is 1.05. The zero-order chi connectivity index (χ0) is 25.3. The van der Waals surface area contributed by atoms with Crippen LogP contribution in [0.2, 0.25) is 0 Å². The number of benzene rings is 1. The zero-order valence-corrected chi connectivity index (χ0v) is 20.0. The van der Waals surface area contributed by atoms with E-state index in [-0.39, 0.29) is 12.4 Å². The molecule has 0 bridgehead atoms. The van der Waals surface area contributed by atoms with Gasteiger partial charge in [-0.05, 0) is 12.1 Å². The van der Waals surface area contributed by atoms with Crippen LogP contribution in [0.4, 0.5) is 0 Å². The number of hydrogen-bond acceptors (Lipinski definition) is 11. The molecule has 1 heterocycles. The number of nitrogens with one attached hydrogen (secondary N) is 1. The Kier molecular flexibility index (Phi) is 10.3. The molecule has 1 aliphatic heterocycles. The molecule has 1 amide bonds. The summed E-state index contributed by atoms with van der Waals surface area (Å²) < 4.78 is 26.3. The van der Waals surface area contributed by atoms with Crippen molar-refractivity contribution in [2.45, 2.75) is 50.6 Å². The lowest BCUT2D eigenvalue weighted by molar-refractivity contribution is -0.165. The summed E-state index contributed by atoms with van der Waals surface area (Å²) in [4.78, 5) is 59.4. The zero-order valence-electron chi connectivity index (χ0n) is 19.2. The highest BCUT2D eigenvalue weighted by Gasteiger charge is 2.50. The number of hydrogen-bond donors (Lipinski definition) is 1. The quantitative estimate of drug-likeness (QED) is 0.363. The standard InChI is InChI=1S/C22H27NO10S/c1-12(24)30-10-17-18(31-13(2)25)19(32-14(3)26)22(33-17)34-11-16(21(28)29-4)23-20(27)15-8-6-5-7-9-15/h5-9,16-19,22H,10-11H2,1-4H3,(H,23,27). The van der Waals surface area contributed by atoms with E-state index < -0.39 is 59.6 Å². The minimum Gasteiger partial charge on any atom is -0.467 e. The van der Waals surface area contributed by atoms with Crippen LogP contribution < -0.4 is 5.32 Å². The second-order valence-corrected chi connectivity index (χ2v) is 8.37. The molecular formula is C22H27NO10S. The number of carbonyl (C=O) groups is 5. The van der Waals surface area contributed by atoms with Crippen molar-refractivity contribution in [1.29, 1.82) is 0 Å². The molecule has 0 saturated carbocycles. The summed E-state index contributed by atoms with van der Waals surface area (Å²) in [5, 5.41) is 2.61. The van der Waals surface area contributed by atoms with Crippen molar-refractivity contribution in [2.75, 3.05) is 19.5 Å². The Labute approximate surface area is 200 Å². The highest BCUT2D eigenvalue weighted by atomic mass is 32.2. The SMILES string of the molecule is COC(=O)C(CSC1OC(COC(C)=O)C(OC(C)=O)C1OC(C)=O)NC(=O)c1ccccc1. The van der Waals surface area contributed by atoms with E-state index in [2.05, 4.69) is 5.32 Å². The van der Waals surface area contributed by atoms with Crippen LogP contribution in [-0.4, -0.2) is 79.0 Å². The van der Waals surface area contributed by atoms with E-state index in [0.717, 1.165) is 11.8 Å². The second-order valence-electron chi connectivity index (χ2n) is 7.24. The summed E-state index contributed by atoms with van der Waals surface area (Å²) in [6, 6.07) is 7.26. The first kappa shape index (κ1) is 27.1. The van der Waals surface area contributed by atoms with Crippen molar-refractivity contribution in [3.8, 4) is 0 Å². The fourth-order valence-electron chi connectivity index (χ4n) is 3.14. The van der Waals surface area contributed by atoms with Crippen molar-refractivity contribution in [2.24, 2.45) is 0 Å². The summed E-state index contributed by atoms with van der Waals surface area (Å²) in [7, 11) is 1.19. The third-order valence-corrected chi connectivity index (χ3v) is 5.81. The Hall–Kier alpha value is -3.12. The Balaban J connectivity index is 2.17. The van der Waals surface area contributed by atoms with Crippen LogP contribution >= 0.6 is 11.8 Å². The molecule has 1 fully saturated rings. The highest BCUT2D eigenvalue weighted by Crippen LogP contribution is 2.34. The average Bonchev–Trinajstić information content (AvgIpc) is 3.09. The van der Waals surface area contributed by atoms with Crippen molar-refractivity contribution < 1.29 is 47.7 Å². The summed E-state index contributed by atoms with van der Waals surface area (Å²) in [6.07, 6.45) is -3.01. The van der Waals surface area contributed by atoms with Crippen LogP contribution in [0.25, 0.3) is 0 Å². The van der Waals surface area contributed by atoms with Crippen LogP contribution in [0.5, 0.6) is 0 Å². The van der Waals surface area contributed by atoms with Crippen molar-refractivity contribution in [1.82, 2.24) is 5.32 Å². The fourth-order valence-corrected chi connectivity index (χ4v) is 4.37. The lowest BCUT2D eigenvalue weighted by Crippen LogP contribution is -2.44. The summed E-state index contributed by atoms with van der Waals surface area (Å²) in [5.41, 5.74) is -0.540. The maximum absolute atomic E-state index is 12.5. The molecule has 1 aromatic carbocycles. The minimum absolute atomic E-state index is 0.0131. The van der Waals surface area contributed by atoms with Gasteiger partial charge in [0.15, 0.2) is 12.2 Å². The molecule has 0 aliphatic carbocycles. The fraction of sp³-hybridized carbons (Fsp3) is 0.500. The maximum Gasteiger partial charge on any atom is 0.329 e. The third-order valence-electron chi connectivity index (χ3n) is 4.58. The molecule has 0 radical (unpaired) electrons. The van der Waals surface area contributed by atoms with Gasteiger partial charge in [-0.3, -0.25) is 19.2 Å². The molecular weight excluding hydrogens is 470 g/mol. The number of ether oxygens (including phenoxy) is 5. The van der Waals surface area contributed by atoms with E-state index in [4.69, 9.17) is 23.7 Å². The molecule has 5 unspecified atom stereocenters. The lowest BCUT2D eigenvalue weighted by Gasteiger charge is -2.24. The van der Waals surface area contributed by atoms with E-state index in [1.54, 1.807) is 30.3 Å². The van der Waals surface area contributed by atoms with Gasteiger partial charge in [-0.1, -0.05) is 18.2 Å². The van der Waals surface area contributed by atoms with Gasteiger partial charge in [0.05, 0.1) is 7.11 Å². The van der Waals surface area contributed by atoms with Crippen LogP contribution in [0.15, 0.2) is 30.3 Å². The average molecular weight is 498 g/mol. The van der Waals surface area contributed by atoms with E-state index in [1.807, 2.05) is 0 Å². The van der Waals surface area contributed by atoms with Crippen LogP contribution in [-0.2, 0) is 42.9 Å². The van der Waals surface area contributed by atoms with Crippen LogP contribution in [0.1, 0.15) is 31.1 Å². The summed E-state index contributed by atoms with van der Waals surface area (Å²) in [6.45, 7) is 3.33. The topological polar surface area (TPSA) is 144 Å². The second kappa shape index (κ2) is 12.9. The number of rotatable bonds is 10. The molecule has 5 atom stereocenters. The smallest absolute Gasteiger partial charge is 0.329 e. The van der Waals surface area contributed by atoms with Gasteiger partial charge in [0.1, 0.15) is 24.2 Å². The monoisotopic (exact) mass is 497 g/mol. The molecule has 1 N–H and O–H groups in total. The third kappa shape index (κ3) is 8.03. The number of carbonyl (C=O) groups excluding carboxylic acids is 5. The predicted octanol–water partition coefficient (Wildman–Crippen LogP) is 0.843. The maximum atomic E-state index is 12.5. The first-order valence-electron chi connectivity index (χ1n) is 10.3. The Bertz CT molecular complexity index is 893. The number of thioether (sulfide) groups is 1. The molecule has 2 rings (SSSR count). The Morgan fingerprint density at radius 2 is 1.59 bits per heavy atom. The van der Waals surface area contributed by atoms with Gasteiger partial charge in [0.25, 0.3) is 5.91 Å². The van der Waals surface area contributed by atoms with Crippen LogP contribution in [0, 0.1) is 0 Å². The molecule has 1 aromatic rings. The van der Waals surface area contributed by atoms with Gasteiger partial charge in [-0.15, -0.1) is 11.8 Å². The first-order chi connectivity index (χ1) is 16.1. The molecule has 0 spiro atoms. The van der Waals surface area contributed by atoms with Gasteiger partial charge in [0.2, 0.25) is 0 Å². The number of esters is 4. The Morgan fingerprint density at radius 1 is 0.971 bits per heavy atom. The molecule has 34 heavy (non-hydrogen) atoms. The number of amides is 1. The van der Waals surface area contributed by atoms with E-state index >= 15 is 0 Å². The molecule has 0 aromatic heterocycles. The first-order valence-corrected chi connectivity index (χ1v) is 11.4. The highest BCUT2D eigenvalue weighted by molar-refractivity contribution is 7.99. The van der Waals surface area contributed by atoms with E-state index in [0.29, 0.717) is 5.56 Å². The van der Waals surface area contributed by atoms with Gasteiger partial charge >= 0.3 is 23.9 Å². The normalized spacial score (nSPS) is 22.2. The van der Waals surface area contributed by atoms with Crippen molar-refractivity contribution in [3.63, 3.8) is 0 Å². The summed E-state index contributed by atoms with van der Waals surface area (Å²) in [5.74, 6) is -3.04. The van der Waals surface area contributed by atoms with Gasteiger partial charge in [0, 0.05) is 32.1 Å². The molecule has 11 nitrogen and oxygen atoms in total. The molecule has 12 heteroatoms. The largest absolute Gasteiger partial charge is 0.467 e. The van der Waals surface area contributed by atoms with E-state index in [9.17, 15) is 24.0 Å².